The number of carboxylic acids is 1. The van der Waals surface area contributed by atoms with Crippen molar-refractivity contribution in [1.82, 2.24) is 5.32 Å². The summed E-state index contributed by atoms with van der Waals surface area (Å²) >= 11 is 0. The average molecular weight is 281 g/mol. The third-order valence-corrected chi connectivity index (χ3v) is 3.21. The number of aliphatic hydroxyl groups excluding tert-OH is 1. The van der Waals surface area contributed by atoms with E-state index in [4.69, 9.17) is 9.84 Å². The number of carbonyl (C=O) groups is 1. The van der Waals surface area contributed by atoms with Crippen LogP contribution in [0.3, 0.4) is 0 Å². The van der Waals surface area contributed by atoms with Gasteiger partial charge in [0, 0.05) is 18.0 Å². The highest BCUT2D eigenvalue weighted by Gasteiger charge is 2.19. The average Bonchev–Trinajstić information content (AvgIpc) is 2.42. The molecule has 1 rings (SSSR count). The highest BCUT2D eigenvalue weighted by Crippen LogP contribution is 2.28. The van der Waals surface area contributed by atoms with Crippen LogP contribution in [0.2, 0.25) is 0 Å². The summed E-state index contributed by atoms with van der Waals surface area (Å²) < 4.78 is 5.26. The van der Waals surface area contributed by atoms with E-state index in [0.717, 1.165) is 11.1 Å². The van der Waals surface area contributed by atoms with E-state index in [1.807, 2.05) is 32.0 Å². The van der Waals surface area contributed by atoms with Gasteiger partial charge in [0.2, 0.25) is 0 Å². The smallest absolute Gasteiger partial charge is 0.303 e. The zero-order valence-electron chi connectivity index (χ0n) is 12.2. The topological polar surface area (TPSA) is 78.8 Å². The molecule has 3 N–H and O–H groups in total. The van der Waals surface area contributed by atoms with Crippen LogP contribution in [0.15, 0.2) is 18.2 Å². The summed E-state index contributed by atoms with van der Waals surface area (Å²) in [6, 6.07) is 5.49. The van der Waals surface area contributed by atoms with Crippen LogP contribution >= 0.6 is 0 Å². The van der Waals surface area contributed by atoms with E-state index in [-0.39, 0.29) is 12.5 Å². The maximum absolute atomic E-state index is 10.4. The van der Waals surface area contributed by atoms with Crippen LogP contribution < -0.4 is 10.1 Å². The Kier molecular flexibility index (Phi) is 6.48. The third kappa shape index (κ3) is 4.83. The summed E-state index contributed by atoms with van der Waals surface area (Å²) in [7, 11) is 1.58. The first-order valence-electron chi connectivity index (χ1n) is 6.73. The monoisotopic (exact) mass is 281 g/mol. The number of nitrogens with one attached hydrogen (secondary N) is 1. The minimum atomic E-state index is -0.805. The van der Waals surface area contributed by atoms with Crippen molar-refractivity contribution in [1.29, 1.82) is 0 Å². The Hall–Kier alpha value is -1.59. The molecule has 1 aromatic carbocycles. The number of hydrogen-bond donors (Lipinski definition) is 3. The van der Waals surface area contributed by atoms with E-state index in [1.165, 1.54) is 0 Å². The van der Waals surface area contributed by atoms with Gasteiger partial charge in [-0.15, -0.1) is 0 Å². The fourth-order valence-corrected chi connectivity index (χ4v) is 2.04. The zero-order valence-corrected chi connectivity index (χ0v) is 12.2. The Morgan fingerprint density at radius 2 is 2.15 bits per heavy atom. The van der Waals surface area contributed by atoms with Crippen molar-refractivity contribution in [2.45, 2.75) is 38.8 Å². The van der Waals surface area contributed by atoms with Crippen molar-refractivity contribution < 1.29 is 19.7 Å². The molecule has 112 valence electrons. The van der Waals surface area contributed by atoms with Gasteiger partial charge in [-0.3, -0.25) is 4.79 Å². The van der Waals surface area contributed by atoms with E-state index in [9.17, 15) is 9.90 Å². The van der Waals surface area contributed by atoms with Gasteiger partial charge in [0.1, 0.15) is 5.75 Å². The molecular formula is C15H23NO4. The molecule has 5 heteroatoms. The van der Waals surface area contributed by atoms with Crippen LogP contribution in [-0.4, -0.2) is 35.9 Å². The van der Waals surface area contributed by atoms with Crippen molar-refractivity contribution in [3.05, 3.63) is 29.3 Å². The standard InChI is InChI=1S/C15H23NO4/c1-10-6-7-13(20-3)12(9-10)15(19)11(2)16-8-4-5-14(17)18/h6-7,9,11,15-16,19H,4-5,8H2,1-3H3,(H,17,18). The molecule has 0 bridgehead atoms. The first-order valence-corrected chi connectivity index (χ1v) is 6.73. The quantitative estimate of drug-likeness (QED) is 0.634. The number of aliphatic hydroxyl groups is 1. The van der Waals surface area contributed by atoms with Crippen molar-refractivity contribution in [2.24, 2.45) is 0 Å². The number of aryl methyl sites for hydroxylation is 1. The number of carboxylic acid groups (broad SMARTS) is 1. The van der Waals surface area contributed by atoms with Gasteiger partial charge >= 0.3 is 5.97 Å². The fraction of sp³-hybridized carbons (Fsp3) is 0.533. The second-order valence-corrected chi connectivity index (χ2v) is 4.93. The van der Waals surface area contributed by atoms with Gasteiger partial charge in [0.05, 0.1) is 13.2 Å². The molecular weight excluding hydrogens is 258 g/mol. The van der Waals surface area contributed by atoms with E-state index in [2.05, 4.69) is 5.32 Å². The molecule has 0 heterocycles. The molecule has 0 fully saturated rings. The molecule has 5 nitrogen and oxygen atoms in total. The first kappa shape index (κ1) is 16.5. The summed E-state index contributed by atoms with van der Waals surface area (Å²) in [4.78, 5) is 10.4. The molecule has 0 aliphatic carbocycles. The number of aliphatic carboxylic acids is 1. The molecule has 0 saturated heterocycles. The van der Waals surface area contributed by atoms with Crippen molar-refractivity contribution >= 4 is 5.97 Å². The number of rotatable bonds is 8. The van der Waals surface area contributed by atoms with Crippen molar-refractivity contribution in [3.63, 3.8) is 0 Å². The van der Waals surface area contributed by atoms with Crippen LogP contribution in [0.4, 0.5) is 0 Å². The molecule has 0 aliphatic rings. The summed E-state index contributed by atoms with van der Waals surface area (Å²) in [6.45, 7) is 4.38. The lowest BCUT2D eigenvalue weighted by atomic mass is 10.00. The van der Waals surface area contributed by atoms with Gasteiger partial charge < -0.3 is 20.3 Å². The molecule has 0 aromatic heterocycles. The number of ether oxygens (including phenoxy) is 1. The van der Waals surface area contributed by atoms with Gasteiger partial charge in [0.15, 0.2) is 0 Å². The Morgan fingerprint density at radius 1 is 1.45 bits per heavy atom. The van der Waals surface area contributed by atoms with E-state index >= 15 is 0 Å². The Bertz CT molecular complexity index is 447. The summed E-state index contributed by atoms with van der Waals surface area (Å²) in [5.41, 5.74) is 1.80. The molecule has 2 unspecified atom stereocenters. The van der Waals surface area contributed by atoms with Gasteiger partial charge in [-0.1, -0.05) is 11.6 Å². The predicted molar refractivity (Wildman–Crippen MR) is 77.0 cm³/mol. The maximum atomic E-state index is 10.4. The first-order chi connectivity index (χ1) is 9.45. The summed E-state index contributed by atoms with van der Waals surface area (Å²) in [5.74, 6) is -0.150. The molecule has 20 heavy (non-hydrogen) atoms. The lowest BCUT2D eigenvalue weighted by Crippen LogP contribution is -2.33. The fourth-order valence-electron chi connectivity index (χ4n) is 2.04. The summed E-state index contributed by atoms with van der Waals surface area (Å²) in [5, 5.41) is 22.1. The Labute approximate surface area is 119 Å². The predicted octanol–water partition coefficient (Wildman–Crippen LogP) is 1.88. The molecule has 0 amide bonds. The maximum Gasteiger partial charge on any atom is 0.303 e. The molecule has 0 spiro atoms. The minimum absolute atomic E-state index is 0.129. The number of methoxy groups -OCH3 is 1. The van der Waals surface area contributed by atoms with Gasteiger partial charge in [-0.05, 0) is 38.9 Å². The van der Waals surface area contributed by atoms with Crippen LogP contribution in [0.1, 0.15) is 37.0 Å². The Morgan fingerprint density at radius 3 is 2.75 bits per heavy atom. The van der Waals surface area contributed by atoms with Crippen molar-refractivity contribution in [3.8, 4) is 5.75 Å². The second kappa shape index (κ2) is 7.87. The minimum Gasteiger partial charge on any atom is -0.496 e. The number of benzene rings is 1. The summed E-state index contributed by atoms with van der Waals surface area (Å²) in [6.07, 6.45) is -0.0318. The van der Waals surface area contributed by atoms with Gasteiger partial charge in [-0.2, -0.15) is 0 Å². The largest absolute Gasteiger partial charge is 0.496 e. The molecule has 2 atom stereocenters. The molecule has 1 aromatic rings. The molecule has 0 radical (unpaired) electrons. The second-order valence-electron chi connectivity index (χ2n) is 4.93. The van der Waals surface area contributed by atoms with Crippen LogP contribution in [-0.2, 0) is 4.79 Å². The Balaban J connectivity index is 2.61. The SMILES string of the molecule is COc1ccc(C)cc1C(O)C(C)NCCCC(=O)O. The lowest BCUT2D eigenvalue weighted by molar-refractivity contribution is -0.137. The number of hydrogen-bond acceptors (Lipinski definition) is 4. The van der Waals surface area contributed by atoms with Crippen LogP contribution in [0.5, 0.6) is 5.75 Å². The van der Waals surface area contributed by atoms with E-state index in [1.54, 1.807) is 7.11 Å². The van der Waals surface area contributed by atoms with Crippen LogP contribution in [0, 0.1) is 6.92 Å². The third-order valence-electron chi connectivity index (χ3n) is 3.21. The lowest BCUT2D eigenvalue weighted by Gasteiger charge is -2.22. The van der Waals surface area contributed by atoms with Crippen molar-refractivity contribution in [2.75, 3.05) is 13.7 Å². The van der Waals surface area contributed by atoms with Gasteiger partial charge in [-0.25, -0.2) is 0 Å². The zero-order chi connectivity index (χ0) is 15.1. The van der Waals surface area contributed by atoms with E-state index < -0.39 is 12.1 Å². The highest BCUT2D eigenvalue weighted by atomic mass is 16.5. The molecule has 0 saturated carbocycles. The molecule has 0 aliphatic heterocycles. The highest BCUT2D eigenvalue weighted by molar-refractivity contribution is 5.66. The normalized spacial score (nSPS) is 13.8. The van der Waals surface area contributed by atoms with Gasteiger partial charge in [0.25, 0.3) is 0 Å². The van der Waals surface area contributed by atoms with Crippen LogP contribution in [0.25, 0.3) is 0 Å². The van der Waals surface area contributed by atoms with E-state index in [0.29, 0.717) is 18.7 Å².